The van der Waals surface area contributed by atoms with E-state index in [1.807, 2.05) is 36.4 Å². The SMILES string of the molecule is Clc1cc2[nH]c(O[C@@H]3COC4CCOC43)nc2nc1-c1ccc(-c2ccccc2)cc1. The van der Waals surface area contributed by atoms with E-state index in [2.05, 4.69) is 34.2 Å². The van der Waals surface area contributed by atoms with Crippen molar-refractivity contribution >= 4 is 22.8 Å². The first-order valence-corrected chi connectivity index (χ1v) is 10.7. The minimum absolute atomic E-state index is 0.0385. The van der Waals surface area contributed by atoms with E-state index < -0.39 is 0 Å². The second-order valence-corrected chi connectivity index (χ2v) is 8.23. The van der Waals surface area contributed by atoms with Gasteiger partial charge in [0.1, 0.15) is 6.10 Å². The lowest BCUT2D eigenvalue weighted by Gasteiger charge is -2.15. The predicted molar refractivity (Wildman–Crippen MR) is 118 cm³/mol. The van der Waals surface area contributed by atoms with E-state index in [4.69, 9.17) is 30.8 Å². The summed E-state index contributed by atoms with van der Waals surface area (Å²) in [6.07, 6.45) is 0.818. The summed E-state index contributed by atoms with van der Waals surface area (Å²) < 4.78 is 17.5. The molecule has 6 nitrogen and oxygen atoms in total. The summed E-state index contributed by atoms with van der Waals surface area (Å²) in [5.41, 5.74) is 5.22. The van der Waals surface area contributed by atoms with Gasteiger partial charge in [0.2, 0.25) is 0 Å². The van der Waals surface area contributed by atoms with E-state index >= 15 is 0 Å². The summed E-state index contributed by atoms with van der Waals surface area (Å²) in [5, 5.41) is 0.554. The molecule has 156 valence electrons. The van der Waals surface area contributed by atoms with Crippen molar-refractivity contribution in [1.29, 1.82) is 0 Å². The molecule has 31 heavy (non-hydrogen) atoms. The topological polar surface area (TPSA) is 69.3 Å². The van der Waals surface area contributed by atoms with Gasteiger partial charge < -0.3 is 19.2 Å². The Hall–Kier alpha value is -2.93. The number of aromatic nitrogens is 3. The van der Waals surface area contributed by atoms with Gasteiger partial charge in [-0.05, 0) is 23.6 Å². The monoisotopic (exact) mass is 433 g/mol. The van der Waals surface area contributed by atoms with Crippen LogP contribution in [0.25, 0.3) is 33.5 Å². The molecule has 2 aromatic carbocycles. The van der Waals surface area contributed by atoms with E-state index in [1.54, 1.807) is 0 Å². The van der Waals surface area contributed by atoms with Crippen molar-refractivity contribution < 1.29 is 14.2 Å². The summed E-state index contributed by atoms with van der Waals surface area (Å²) in [5.74, 6) is 0. The van der Waals surface area contributed by atoms with Gasteiger partial charge in [0.25, 0.3) is 6.01 Å². The predicted octanol–water partition coefficient (Wildman–Crippen LogP) is 4.88. The highest BCUT2D eigenvalue weighted by atomic mass is 35.5. The fourth-order valence-corrected chi connectivity index (χ4v) is 4.54. The number of benzene rings is 2. The van der Waals surface area contributed by atoms with Crippen molar-refractivity contribution in [3.05, 3.63) is 65.7 Å². The van der Waals surface area contributed by atoms with Gasteiger partial charge in [-0.2, -0.15) is 4.98 Å². The maximum Gasteiger partial charge on any atom is 0.296 e. The average molecular weight is 434 g/mol. The Morgan fingerprint density at radius 1 is 0.935 bits per heavy atom. The molecule has 2 aromatic heterocycles. The summed E-state index contributed by atoms with van der Waals surface area (Å²) in [6, 6.07) is 20.7. The zero-order valence-corrected chi connectivity index (χ0v) is 17.4. The van der Waals surface area contributed by atoms with E-state index in [-0.39, 0.29) is 18.3 Å². The Kier molecular flexibility index (Phi) is 4.64. The molecule has 6 rings (SSSR count). The van der Waals surface area contributed by atoms with Gasteiger partial charge in [-0.25, -0.2) is 4.98 Å². The molecular weight excluding hydrogens is 414 g/mol. The van der Waals surface area contributed by atoms with Gasteiger partial charge in [0.15, 0.2) is 11.8 Å². The number of imidazole rings is 1. The molecule has 3 atom stereocenters. The molecule has 0 bridgehead atoms. The number of hydrogen-bond acceptors (Lipinski definition) is 5. The molecule has 7 heteroatoms. The molecule has 0 aliphatic carbocycles. The van der Waals surface area contributed by atoms with Crippen LogP contribution >= 0.6 is 11.6 Å². The number of nitrogens with zero attached hydrogens (tertiary/aromatic N) is 2. The maximum absolute atomic E-state index is 6.56. The molecule has 0 radical (unpaired) electrons. The van der Waals surface area contributed by atoms with Crippen molar-refractivity contribution in [2.75, 3.05) is 13.2 Å². The summed E-state index contributed by atoms with van der Waals surface area (Å²) >= 11 is 6.56. The second kappa shape index (κ2) is 7.64. The van der Waals surface area contributed by atoms with Crippen LogP contribution in [0.15, 0.2) is 60.7 Å². The second-order valence-electron chi connectivity index (χ2n) is 7.83. The zero-order chi connectivity index (χ0) is 20.8. The van der Waals surface area contributed by atoms with Crippen LogP contribution in [0, 0.1) is 0 Å². The summed E-state index contributed by atoms with van der Waals surface area (Å²) in [4.78, 5) is 12.4. The van der Waals surface area contributed by atoms with Crippen LogP contribution in [0.5, 0.6) is 6.01 Å². The summed E-state index contributed by atoms with van der Waals surface area (Å²) in [6.45, 7) is 1.21. The Balaban J connectivity index is 1.28. The quantitative estimate of drug-likeness (QED) is 0.496. The van der Waals surface area contributed by atoms with Crippen molar-refractivity contribution in [1.82, 2.24) is 15.0 Å². The van der Waals surface area contributed by atoms with Crippen molar-refractivity contribution in [2.45, 2.75) is 24.7 Å². The Morgan fingerprint density at radius 3 is 2.55 bits per heavy atom. The molecule has 0 amide bonds. The molecule has 2 aliphatic rings. The van der Waals surface area contributed by atoms with E-state index in [1.165, 1.54) is 5.56 Å². The first-order valence-electron chi connectivity index (χ1n) is 10.4. The largest absolute Gasteiger partial charge is 0.456 e. The number of halogens is 1. The maximum atomic E-state index is 6.56. The number of hydrogen-bond donors (Lipinski definition) is 1. The Morgan fingerprint density at radius 2 is 1.71 bits per heavy atom. The van der Waals surface area contributed by atoms with Crippen LogP contribution in [0.2, 0.25) is 5.02 Å². The molecule has 0 spiro atoms. The van der Waals surface area contributed by atoms with Crippen LogP contribution in [0.4, 0.5) is 0 Å². The normalized spacial score (nSPS) is 22.7. The molecule has 4 heterocycles. The molecule has 2 unspecified atom stereocenters. The van der Waals surface area contributed by atoms with E-state index in [0.717, 1.165) is 23.1 Å². The highest BCUT2D eigenvalue weighted by Crippen LogP contribution is 2.32. The molecule has 2 aliphatic heterocycles. The molecule has 1 N–H and O–H groups in total. The lowest BCUT2D eigenvalue weighted by molar-refractivity contribution is 0.0273. The fraction of sp³-hybridized carbons (Fsp3) is 0.250. The number of pyridine rings is 1. The molecule has 4 aromatic rings. The Bertz CT molecular complexity index is 1230. The Labute approximate surface area is 184 Å². The summed E-state index contributed by atoms with van der Waals surface area (Å²) in [7, 11) is 0. The van der Waals surface area contributed by atoms with Crippen molar-refractivity contribution in [3.8, 4) is 28.4 Å². The van der Waals surface area contributed by atoms with Crippen molar-refractivity contribution in [3.63, 3.8) is 0 Å². The zero-order valence-electron chi connectivity index (χ0n) is 16.6. The van der Waals surface area contributed by atoms with E-state index in [0.29, 0.717) is 35.6 Å². The smallest absolute Gasteiger partial charge is 0.296 e. The van der Waals surface area contributed by atoms with Gasteiger partial charge in [-0.1, -0.05) is 66.2 Å². The highest BCUT2D eigenvalue weighted by molar-refractivity contribution is 6.33. The van der Waals surface area contributed by atoms with Crippen LogP contribution in [0.1, 0.15) is 6.42 Å². The minimum atomic E-state index is -0.173. The van der Waals surface area contributed by atoms with Gasteiger partial charge >= 0.3 is 0 Å². The molecular formula is C24H20ClN3O3. The lowest BCUT2D eigenvalue weighted by atomic mass is 10.0. The number of ether oxygens (including phenoxy) is 3. The van der Waals surface area contributed by atoms with Gasteiger partial charge in [-0.3, -0.25) is 0 Å². The molecule has 0 saturated carbocycles. The number of aromatic amines is 1. The van der Waals surface area contributed by atoms with Gasteiger partial charge in [0, 0.05) is 12.2 Å². The molecule has 2 fully saturated rings. The highest BCUT2D eigenvalue weighted by Gasteiger charge is 2.43. The number of nitrogens with one attached hydrogen (secondary N) is 1. The third kappa shape index (κ3) is 3.47. The van der Waals surface area contributed by atoms with Crippen LogP contribution in [0.3, 0.4) is 0 Å². The third-order valence-electron chi connectivity index (χ3n) is 5.85. The standard InChI is InChI=1S/C24H20ClN3O3/c25-17-12-18-23(28-24(26-18)31-20-13-30-19-10-11-29-22(19)20)27-21(17)16-8-6-15(7-9-16)14-4-2-1-3-5-14/h1-9,12,19-20,22H,10-11,13H2,(H,26,27,28)/t19?,20-,22?/m1/s1. The van der Waals surface area contributed by atoms with Crippen LogP contribution < -0.4 is 4.74 Å². The van der Waals surface area contributed by atoms with Crippen LogP contribution in [-0.4, -0.2) is 46.5 Å². The van der Waals surface area contributed by atoms with Crippen LogP contribution in [-0.2, 0) is 9.47 Å². The minimum Gasteiger partial charge on any atom is -0.456 e. The first-order chi connectivity index (χ1) is 15.2. The lowest BCUT2D eigenvalue weighted by Crippen LogP contribution is -2.32. The molecule has 2 saturated heterocycles. The van der Waals surface area contributed by atoms with Gasteiger partial charge in [0.05, 0.1) is 28.9 Å². The third-order valence-corrected chi connectivity index (χ3v) is 6.14. The number of H-pyrrole nitrogens is 1. The number of fused-ring (bicyclic) bond motifs is 2. The number of rotatable bonds is 4. The average Bonchev–Trinajstić information content (AvgIpc) is 3.51. The fourth-order valence-electron chi connectivity index (χ4n) is 4.28. The van der Waals surface area contributed by atoms with E-state index in [9.17, 15) is 0 Å². The van der Waals surface area contributed by atoms with Crippen molar-refractivity contribution in [2.24, 2.45) is 0 Å². The first kappa shape index (κ1) is 18.8. The van der Waals surface area contributed by atoms with Gasteiger partial charge in [-0.15, -0.1) is 0 Å².